The molecule has 10 heavy (non-hydrogen) atoms. The average molecular weight is 258 g/mol. The van der Waals surface area contributed by atoms with Gasteiger partial charge in [0.25, 0.3) is 0 Å². The van der Waals surface area contributed by atoms with Crippen molar-refractivity contribution in [3.8, 4) is 0 Å². The third-order valence-electron chi connectivity index (χ3n) is 1.54. The molecule has 1 fully saturated rings. The zero-order valence-corrected chi connectivity index (χ0v) is 7.97. The summed E-state index contributed by atoms with van der Waals surface area (Å²) in [6.45, 7) is 0.972. The Morgan fingerprint density at radius 2 is 2.50 bits per heavy atom. The monoisotopic (exact) mass is 258 g/mol. The summed E-state index contributed by atoms with van der Waals surface area (Å²) in [5, 5.41) is 0. The van der Waals surface area contributed by atoms with Gasteiger partial charge in [0.1, 0.15) is 0 Å². The first-order valence-electron chi connectivity index (χ1n) is 3.16. The van der Waals surface area contributed by atoms with Crippen LogP contribution in [0, 0.1) is 0 Å². The first kappa shape index (κ1) is 8.23. The summed E-state index contributed by atoms with van der Waals surface area (Å²) in [7, 11) is 0. The van der Waals surface area contributed by atoms with Crippen LogP contribution in [0.25, 0.3) is 0 Å². The summed E-state index contributed by atoms with van der Waals surface area (Å²) < 4.78 is 12.7. The summed E-state index contributed by atoms with van der Waals surface area (Å²) >= 11 is -0.367. The van der Waals surface area contributed by atoms with Crippen molar-refractivity contribution in [3.63, 3.8) is 0 Å². The van der Waals surface area contributed by atoms with E-state index in [9.17, 15) is 9.18 Å². The predicted molar refractivity (Wildman–Crippen MR) is 32.4 cm³/mol. The van der Waals surface area contributed by atoms with Crippen LogP contribution in [0.5, 0.6) is 0 Å². The normalized spacial score (nSPS) is 25.8. The average Bonchev–Trinajstić information content (AvgIpc) is 2.34. The maximum atomic E-state index is 12.5. The van der Waals surface area contributed by atoms with Crippen molar-refractivity contribution in [1.29, 1.82) is 0 Å². The molecular formula is C6H10FINO-. The van der Waals surface area contributed by atoms with Crippen LogP contribution < -0.4 is 21.2 Å². The molecular weight excluding hydrogens is 248 g/mol. The molecule has 0 spiro atoms. The summed E-state index contributed by atoms with van der Waals surface area (Å²) in [5.41, 5.74) is 0. The van der Waals surface area contributed by atoms with Crippen molar-refractivity contribution in [2.75, 3.05) is 18.0 Å². The van der Waals surface area contributed by atoms with Gasteiger partial charge in [-0.3, -0.25) is 0 Å². The van der Waals surface area contributed by atoms with E-state index in [4.69, 9.17) is 0 Å². The fourth-order valence-electron chi connectivity index (χ4n) is 0.997. The second-order valence-corrected chi connectivity index (χ2v) is 4.28. The molecule has 60 valence electrons. The molecule has 0 aliphatic carbocycles. The zero-order valence-electron chi connectivity index (χ0n) is 5.81. The molecule has 0 aromatic carbocycles. The van der Waals surface area contributed by atoms with Crippen LogP contribution >= 0.6 is 0 Å². The first-order valence-corrected chi connectivity index (χ1v) is 6.40. The quantitative estimate of drug-likeness (QED) is 0.228. The van der Waals surface area contributed by atoms with Gasteiger partial charge in [-0.05, 0) is 0 Å². The number of halogens is 2. The van der Waals surface area contributed by atoms with E-state index in [1.807, 2.05) is 4.93 Å². The van der Waals surface area contributed by atoms with Crippen molar-refractivity contribution in [2.45, 2.75) is 12.6 Å². The Morgan fingerprint density at radius 1 is 1.80 bits per heavy atom. The number of amides is 1. The molecule has 0 saturated carbocycles. The number of hydrogen-bond donors (Lipinski definition) is 0. The van der Waals surface area contributed by atoms with Gasteiger partial charge < -0.3 is 0 Å². The molecule has 1 aliphatic rings. The van der Waals surface area contributed by atoms with Crippen LogP contribution in [0.4, 0.5) is 9.18 Å². The number of hydrogen-bond acceptors (Lipinski definition) is 1. The van der Waals surface area contributed by atoms with E-state index in [1.165, 1.54) is 0 Å². The molecule has 1 saturated heterocycles. The Labute approximate surface area is 70.0 Å². The third-order valence-corrected chi connectivity index (χ3v) is 3.15. The van der Waals surface area contributed by atoms with Crippen molar-refractivity contribution in [1.82, 2.24) is 4.90 Å². The Bertz CT molecular complexity index is 142. The van der Waals surface area contributed by atoms with Crippen LogP contribution in [0.1, 0.15) is 6.42 Å². The van der Waals surface area contributed by atoms with Crippen molar-refractivity contribution in [3.05, 3.63) is 0 Å². The van der Waals surface area contributed by atoms with Crippen LogP contribution in [0.15, 0.2) is 0 Å². The molecule has 1 unspecified atom stereocenters. The minimum absolute atomic E-state index is 0.180. The maximum absolute atomic E-state index is 12.5. The molecule has 1 amide bonds. The number of likely N-dealkylation sites (tertiary alicyclic amines) is 1. The van der Waals surface area contributed by atoms with Gasteiger partial charge in [0.2, 0.25) is 0 Å². The molecule has 1 aliphatic heterocycles. The second kappa shape index (κ2) is 3.50. The first-order chi connectivity index (χ1) is 4.74. The SMILES string of the molecule is C[I-]C(=O)N1CCC(F)C1. The number of rotatable bonds is 1. The number of carbonyl (C=O) groups excluding carboxylic acids is 1. The topological polar surface area (TPSA) is 20.3 Å². The van der Waals surface area contributed by atoms with Crippen LogP contribution in [-0.2, 0) is 0 Å². The minimum atomic E-state index is -0.764. The fraction of sp³-hybridized carbons (Fsp3) is 0.833. The van der Waals surface area contributed by atoms with Crippen LogP contribution in [-0.4, -0.2) is 33.0 Å². The van der Waals surface area contributed by atoms with Crippen LogP contribution in [0.2, 0.25) is 0 Å². The molecule has 1 heterocycles. The van der Waals surface area contributed by atoms with Gasteiger partial charge in [0.05, 0.1) is 0 Å². The zero-order chi connectivity index (χ0) is 7.56. The molecule has 0 bridgehead atoms. The third kappa shape index (κ3) is 1.81. The molecule has 2 nitrogen and oxygen atoms in total. The van der Waals surface area contributed by atoms with Gasteiger partial charge in [-0.2, -0.15) is 0 Å². The van der Waals surface area contributed by atoms with E-state index in [-0.39, 0.29) is 25.1 Å². The number of carbonyl (C=O) groups is 1. The molecule has 0 aromatic heterocycles. The van der Waals surface area contributed by atoms with Gasteiger partial charge in [0, 0.05) is 0 Å². The number of nitrogens with zero attached hydrogens (tertiary/aromatic N) is 1. The number of alkyl halides is 2. The Kier molecular flexibility index (Phi) is 2.88. The van der Waals surface area contributed by atoms with Crippen molar-refractivity contribution < 1.29 is 30.4 Å². The Hall–Kier alpha value is 0.130. The summed E-state index contributed by atoms with van der Waals surface area (Å²) in [6.07, 6.45) is -0.227. The van der Waals surface area contributed by atoms with Gasteiger partial charge in [-0.25, -0.2) is 0 Å². The molecule has 1 rings (SSSR count). The van der Waals surface area contributed by atoms with E-state index in [1.54, 1.807) is 4.90 Å². The van der Waals surface area contributed by atoms with Gasteiger partial charge in [0.15, 0.2) is 0 Å². The molecule has 1 atom stereocenters. The Balaban J connectivity index is 2.37. The van der Waals surface area contributed by atoms with Gasteiger partial charge >= 0.3 is 69.8 Å². The second-order valence-electron chi connectivity index (χ2n) is 2.27. The van der Waals surface area contributed by atoms with Gasteiger partial charge in [-0.15, -0.1) is 0 Å². The van der Waals surface area contributed by atoms with Crippen LogP contribution in [0.3, 0.4) is 0 Å². The summed E-state index contributed by atoms with van der Waals surface area (Å²) in [5.74, 6) is 0. The summed E-state index contributed by atoms with van der Waals surface area (Å²) in [6, 6.07) is 0. The van der Waals surface area contributed by atoms with E-state index in [0.29, 0.717) is 19.5 Å². The molecule has 0 aromatic rings. The molecule has 0 radical (unpaired) electrons. The predicted octanol–water partition coefficient (Wildman–Crippen LogP) is -2.13. The van der Waals surface area contributed by atoms with Gasteiger partial charge in [-0.1, -0.05) is 0 Å². The molecule has 4 heteroatoms. The Morgan fingerprint density at radius 3 is 2.90 bits per heavy atom. The van der Waals surface area contributed by atoms with E-state index in [0.717, 1.165) is 0 Å². The van der Waals surface area contributed by atoms with Crippen molar-refractivity contribution >= 4 is 3.91 Å². The standard InChI is InChI=1S/C6H10FINO/c1-8-6(10)9-3-2-5(7)4-9/h5H,2-4H2,1H3/q-1. The van der Waals surface area contributed by atoms with E-state index < -0.39 is 6.17 Å². The summed E-state index contributed by atoms with van der Waals surface area (Å²) in [4.78, 5) is 14.5. The van der Waals surface area contributed by atoms with E-state index in [2.05, 4.69) is 0 Å². The molecule has 0 N–H and O–H groups in total. The fourth-order valence-corrected chi connectivity index (χ4v) is 2.12. The van der Waals surface area contributed by atoms with E-state index >= 15 is 0 Å². The van der Waals surface area contributed by atoms with Crippen molar-refractivity contribution in [2.24, 2.45) is 0 Å².